The number of nitrogens with one attached hydrogen (secondary N) is 1. The number of benzene rings is 2. The summed E-state index contributed by atoms with van der Waals surface area (Å²) in [4.78, 5) is 20.3. The van der Waals surface area contributed by atoms with E-state index in [-0.39, 0.29) is 11.4 Å². The van der Waals surface area contributed by atoms with Gasteiger partial charge in [0.15, 0.2) is 5.17 Å². The van der Waals surface area contributed by atoms with Gasteiger partial charge in [-0.3, -0.25) is 4.79 Å². The highest BCUT2D eigenvalue weighted by Crippen LogP contribution is 2.40. The van der Waals surface area contributed by atoms with Gasteiger partial charge < -0.3 is 10.2 Å². The molecule has 0 atom stereocenters. The first kappa shape index (κ1) is 21.4. The summed E-state index contributed by atoms with van der Waals surface area (Å²) in [5.74, 6) is -0.101. The smallest absolute Gasteiger partial charge is 0.264 e. The largest absolute Gasteiger partial charge is 0.365 e. The summed E-state index contributed by atoms with van der Waals surface area (Å²) < 4.78 is 0. The minimum absolute atomic E-state index is 0.0236. The minimum atomic E-state index is -0.101. The fourth-order valence-corrected chi connectivity index (χ4v) is 4.96. The van der Waals surface area contributed by atoms with Gasteiger partial charge in [0.05, 0.1) is 16.1 Å². The Morgan fingerprint density at radius 3 is 2.52 bits per heavy atom. The second kappa shape index (κ2) is 7.72. The second-order valence-electron chi connectivity index (χ2n) is 9.04. The number of carbonyl (C=O) groups excluding carboxylic acids is 1. The SMILES string of the molecule is CC1=CC(C)(C)N(C)c2cc(C)c(/C=C3/SC(=Nc4ccc(C)cc4C)NC3=O)cc21. The van der Waals surface area contributed by atoms with Crippen LogP contribution in [0.4, 0.5) is 11.4 Å². The van der Waals surface area contributed by atoms with E-state index in [1.807, 2.05) is 25.1 Å². The van der Waals surface area contributed by atoms with Gasteiger partial charge in [-0.1, -0.05) is 23.8 Å². The number of hydrogen-bond donors (Lipinski definition) is 1. The maximum absolute atomic E-state index is 12.6. The highest BCUT2D eigenvalue weighted by atomic mass is 32.2. The van der Waals surface area contributed by atoms with Crippen LogP contribution < -0.4 is 10.2 Å². The Kier molecular flexibility index (Phi) is 5.34. The second-order valence-corrected chi connectivity index (χ2v) is 10.1. The number of amidine groups is 1. The Balaban J connectivity index is 1.67. The number of rotatable bonds is 2. The average molecular weight is 432 g/mol. The number of aryl methyl sites for hydroxylation is 3. The molecular formula is C26H29N3OS. The van der Waals surface area contributed by atoms with Crippen molar-refractivity contribution in [2.24, 2.45) is 4.99 Å². The number of thioether (sulfide) groups is 1. The molecule has 1 amide bonds. The summed E-state index contributed by atoms with van der Waals surface area (Å²) >= 11 is 1.39. The molecule has 0 unspecified atom stereocenters. The molecule has 0 radical (unpaired) electrons. The van der Waals surface area contributed by atoms with Crippen LogP contribution in [0.25, 0.3) is 11.6 Å². The molecule has 4 rings (SSSR count). The van der Waals surface area contributed by atoms with Gasteiger partial charge in [0.2, 0.25) is 0 Å². The lowest BCUT2D eigenvalue weighted by molar-refractivity contribution is -0.115. The molecule has 0 spiro atoms. The lowest BCUT2D eigenvalue weighted by Gasteiger charge is -2.41. The topological polar surface area (TPSA) is 44.7 Å². The number of amides is 1. The van der Waals surface area contributed by atoms with Gasteiger partial charge in [-0.15, -0.1) is 0 Å². The Hall–Kier alpha value is -2.79. The van der Waals surface area contributed by atoms with Crippen LogP contribution in [0.2, 0.25) is 0 Å². The molecule has 2 heterocycles. The number of carbonyl (C=O) groups is 1. The van der Waals surface area contributed by atoms with E-state index in [9.17, 15) is 4.79 Å². The van der Waals surface area contributed by atoms with Crippen molar-refractivity contribution in [2.45, 2.75) is 47.1 Å². The van der Waals surface area contributed by atoms with Crippen molar-refractivity contribution in [3.63, 3.8) is 0 Å². The van der Waals surface area contributed by atoms with E-state index < -0.39 is 0 Å². The zero-order valence-electron chi connectivity index (χ0n) is 19.3. The van der Waals surface area contributed by atoms with Gasteiger partial charge in [0.25, 0.3) is 5.91 Å². The summed E-state index contributed by atoms with van der Waals surface area (Å²) in [7, 11) is 2.13. The van der Waals surface area contributed by atoms with E-state index in [2.05, 4.69) is 81.2 Å². The van der Waals surface area contributed by atoms with Crippen molar-refractivity contribution < 1.29 is 4.79 Å². The first-order valence-corrected chi connectivity index (χ1v) is 11.3. The van der Waals surface area contributed by atoms with E-state index in [4.69, 9.17) is 0 Å². The monoisotopic (exact) mass is 431 g/mol. The molecule has 31 heavy (non-hydrogen) atoms. The van der Waals surface area contributed by atoms with E-state index in [1.54, 1.807) is 0 Å². The molecule has 2 aliphatic rings. The summed E-state index contributed by atoms with van der Waals surface area (Å²) in [5, 5.41) is 3.53. The lowest BCUT2D eigenvalue weighted by atomic mass is 9.87. The quantitative estimate of drug-likeness (QED) is 0.581. The van der Waals surface area contributed by atoms with Gasteiger partial charge in [0, 0.05) is 18.3 Å². The Bertz CT molecular complexity index is 1190. The zero-order valence-corrected chi connectivity index (χ0v) is 20.1. The van der Waals surface area contributed by atoms with Crippen molar-refractivity contribution in [2.75, 3.05) is 11.9 Å². The standard InChI is InChI=1S/C26H29N3OS/c1-15-8-9-21(17(3)10-15)27-25-28-24(30)23(31-25)13-19-12-20-18(4)14-26(5,6)29(7)22(20)11-16(19)2/h8-14H,1-7H3,(H,27,28,30)/b23-13+. The Labute approximate surface area is 189 Å². The predicted octanol–water partition coefficient (Wildman–Crippen LogP) is 6.14. The van der Waals surface area contributed by atoms with E-state index in [1.165, 1.54) is 34.1 Å². The van der Waals surface area contributed by atoms with Crippen LogP contribution in [0.15, 0.2) is 46.3 Å². The summed E-state index contributed by atoms with van der Waals surface area (Å²) in [6, 6.07) is 10.6. The van der Waals surface area contributed by atoms with Crippen molar-refractivity contribution in [1.82, 2.24) is 5.32 Å². The first-order chi connectivity index (χ1) is 14.5. The van der Waals surface area contributed by atoms with Crippen LogP contribution in [0, 0.1) is 20.8 Å². The summed E-state index contributed by atoms with van der Waals surface area (Å²) in [6.45, 7) is 12.8. The molecule has 1 fully saturated rings. The summed E-state index contributed by atoms with van der Waals surface area (Å²) in [5.41, 5.74) is 9.07. The summed E-state index contributed by atoms with van der Waals surface area (Å²) in [6.07, 6.45) is 4.28. The third-order valence-corrected chi connectivity index (χ3v) is 7.03. The molecular weight excluding hydrogens is 402 g/mol. The molecule has 160 valence electrons. The van der Waals surface area contributed by atoms with Crippen molar-refractivity contribution >= 4 is 45.9 Å². The molecule has 1 saturated heterocycles. The Morgan fingerprint density at radius 2 is 1.81 bits per heavy atom. The maximum Gasteiger partial charge on any atom is 0.264 e. The van der Waals surface area contributed by atoms with Crippen LogP contribution in [0.5, 0.6) is 0 Å². The van der Waals surface area contributed by atoms with Gasteiger partial charge in [0.1, 0.15) is 0 Å². The molecule has 5 heteroatoms. The molecule has 0 saturated carbocycles. The third kappa shape index (κ3) is 4.07. The highest BCUT2D eigenvalue weighted by molar-refractivity contribution is 8.18. The molecule has 0 aliphatic carbocycles. The first-order valence-electron chi connectivity index (χ1n) is 10.5. The normalized spacial score (nSPS) is 20.2. The molecule has 2 aromatic carbocycles. The van der Waals surface area contributed by atoms with Crippen LogP contribution in [0.3, 0.4) is 0 Å². The van der Waals surface area contributed by atoms with Crippen LogP contribution in [-0.2, 0) is 4.79 Å². The van der Waals surface area contributed by atoms with Crippen molar-refractivity contribution in [1.29, 1.82) is 0 Å². The van der Waals surface area contributed by atoms with Gasteiger partial charge in [-0.25, -0.2) is 4.99 Å². The fraction of sp³-hybridized carbons (Fsp3) is 0.308. The van der Waals surface area contributed by atoms with Gasteiger partial charge in [-0.05, 0) is 99.8 Å². The number of aliphatic imine (C=N–C) groups is 1. The highest BCUT2D eigenvalue weighted by Gasteiger charge is 2.29. The molecule has 2 aromatic rings. The third-order valence-electron chi connectivity index (χ3n) is 6.12. The lowest BCUT2D eigenvalue weighted by Crippen LogP contribution is -2.42. The number of fused-ring (bicyclic) bond motifs is 1. The van der Waals surface area contributed by atoms with Crippen molar-refractivity contribution in [3.8, 4) is 0 Å². The Morgan fingerprint density at radius 1 is 1.06 bits per heavy atom. The van der Waals surface area contributed by atoms with Gasteiger partial charge in [-0.2, -0.15) is 0 Å². The number of nitrogens with zero attached hydrogens (tertiary/aromatic N) is 2. The number of likely N-dealkylation sites (N-methyl/N-ethyl adjacent to an activating group) is 1. The number of anilines is 1. The van der Waals surface area contributed by atoms with Gasteiger partial charge >= 0.3 is 0 Å². The average Bonchev–Trinajstić information content (AvgIpc) is 3.02. The van der Waals surface area contributed by atoms with Crippen LogP contribution in [0.1, 0.15) is 48.6 Å². The zero-order chi connectivity index (χ0) is 22.5. The fourth-order valence-electron chi connectivity index (χ4n) is 4.14. The maximum atomic E-state index is 12.6. The molecule has 0 bridgehead atoms. The van der Waals surface area contributed by atoms with E-state index in [0.29, 0.717) is 10.1 Å². The van der Waals surface area contributed by atoms with Crippen molar-refractivity contribution in [3.05, 3.63) is 69.1 Å². The molecule has 2 aliphatic heterocycles. The number of hydrogen-bond acceptors (Lipinski definition) is 4. The van der Waals surface area contributed by atoms with E-state index in [0.717, 1.165) is 22.4 Å². The predicted molar refractivity (Wildman–Crippen MR) is 134 cm³/mol. The van der Waals surface area contributed by atoms with Crippen LogP contribution in [-0.4, -0.2) is 23.7 Å². The molecule has 1 N–H and O–H groups in total. The van der Waals surface area contributed by atoms with Crippen LogP contribution >= 0.6 is 11.8 Å². The number of allylic oxidation sites excluding steroid dienone is 1. The minimum Gasteiger partial charge on any atom is -0.365 e. The molecule has 4 nitrogen and oxygen atoms in total. The van der Waals surface area contributed by atoms with E-state index >= 15 is 0 Å². The molecule has 0 aromatic heterocycles.